The molecule has 1 amide bonds. The molecule has 0 radical (unpaired) electrons. The number of para-hydroxylation sites is 2. The van der Waals surface area contributed by atoms with Crippen molar-refractivity contribution in [2.75, 3.05) is 0 Å². The summed E-state index contributed by atoms with van der Waals surface area (Å²) in [5.74, 6) is 0.287. The van der Waals surface area contributed by atoms with Gasteiger partial charge in [0.1, 0.15) is 5.82 Å². The lowest BCUT2D eigenvalue weighted by Crippen LogP contribution is -2.34. The molecule has 2 N–H and O–H groups in total. The first-order chi connectivity index (χ1) is 18.7. The van der Waals surface area contributed by atoms with E-state index in [1.54, 1.807) is 18.2 Å². The number of fused-ring (bicyclic) bond motifs is 2. The molecule has 0 aliphatic rings. The van der Waals surface area contributed by atoms with Crippen LogP contribution in [0.5, 0.6) is 0 Å². The molecule has 0 unspecified atom stereocenters. The summed E-state index contributed by atoms with van der Waals surface area (Å²) in [7, 11) is 0. The molecule has 7 heteroatoms. The van der Waals surface area contributed by atoms with Crippen molar-refractivity contribution >= 4 is 27.7 Å². The van der Waals surface area contributed by atoms with E-state index in [9.17, 15) is 9.59 Å². The first-order valence-corrected chi connectivity index (χ1v) is 12.5. The van der Waals surface area contributed by atoms with Gasteiger partial charge in [-0.2, -0.15) is 5.10 Å². The van der Waals surface area contributed by atoms with Gasteiger partial charge in [0, 0.05) is 5.39 Å². The lowest BCUT2D eigenvalue weighted by Gasteiger charge is -2.18. The third-order valence-electron chi connectivity index (χ3n) is 6.58. The van der Waals surface area contributed by atoms with Crippen molar-refractivity contribution in [2.45, 2.75) is 19.0 Å². The van der Waals surface area contributed by atoms with Crippen molar-refractivity contribution in [2.24, 2.45) is 0 Å². The van der Waals surface area contributed by atoms with Crippen LogP contribution in [-0.4, -0.2) is 25.7 Å². The third kappa shape index (κ3) is 4.69. The van der Waals surface area contributed by atoms with E-state index in [2.05, 4.69) is 15.4 Å². The van der Waals surface area contributed by atoms with Crippen LogP contribution in [0.2, 0.25) is 0 Å². The molecule has 0 bridgehead atoms. The van der Waals surface area contributed by atoms with Gasteiger partial charge in [-0.3, -0.25) is 9.59 Å². The van der Waals surface area contributed by atoms with Crippen molar-refractivity contribution in [3.05, 3.63) is 142 Å². The number of H-pyrrole nitrogens is 1. The fourth-order valence-electron chi connectivity index (χ4n) is 4.70. The maximum Gasteiger partial charge on any atom is 0.274 e. The van der Waals surface area contributed by atoms with Gasteiger partial charge in [0.15, 0.2) is 5.69 Å². The zero-order chi connectivity index (χ0) is 25.9. The van der Waals surface area contributed by atoms with Crippen LogP contribution in [0.1, 0.15) is 33.5 Å². The molecule has 0 fully saturated rings. The molecule has 0 spiro atoms. The number of aromatic nitrogens is 4. The van der Waals surface area contributed by atoms with Crippen LogP contribution in [0.3, 0.4) is 0 Å². The number of amides is 1. The summed E-state index contributed by atoms with van der Waals surface area (Å²) in [6, 6.07) is 34.0. The van der Waals surface area contributed by atoms with Crippen LogP contribution in [-0.2, 0) is 13.0 Å². The maximum atomic E-state index is 13.8. The molecular formula is C31H25N5O2. The molecular weight excluding hydrogens is 474 g/mol. The number of nitrogens with zero attached hydrogens (tertiary/aromatic N) is 3. The summed E-state index contributed by atoms with van der Waals surface area (Å²) in [5.41, 5.74) is 3.67. The van der Waals surface area contributed by atoms with Crippen molar-refractivity contribution in [3.8, 4) is 0 Å². The van der Waals surface area contributed by atoms with Gasteiger partial charge in [0.05, 0.1) is 29.0 Å². The predicted molar refractivity (Wildman–Crippen MR) is 148 cm³/mol. The van der Waals surface area contributed by atoms with E-state index in [4.69, 9.17) is 4.98 Å². The van der Waals surface area contributed by atoms with E-state index >= 15 is 0 Å². The summed E-state index contributed by atoms with van der Waals surface area (Å²) in [6.07, 6.45) is 0.536. The van der Waals surface area contributed by atoms with Crippen LogP contribution >= 0.6 is 0 Å². The fraction of sp³-hybridized carbons (Fsp3) is 0.0968. The number of carbonyl (C=O) groups excluding carboxylic acids is 1. The maximum absolute atomic E-state index is 13.8. The van der Waals surface area contributed by atoms with Gasteiger partial charge in [-0.25, -0.2) is 9.67 Å². The molecule has 1 atom stereocenters. The molecule has 0 aliphatic carbocycles. The Morgan fingerprint density at radius 2 is 1.42 bits per heavy atom. The molecule has 2 heterocycles. The van der Waals surface area contributed by atoms with Gasteiger partial charge >= 0.3 is 0 Å². The number of rotatable bonds is 7. The van der Waals surface area contributed by atoms with Crippen molar-refractivity contribution in [1.29, 1.82) is 0 Å². The summed E-state index contributed by atoms with van der Waals surface area (Å²) in [5, 5.41) is 8.67. The molecule has 6 rings (SSSR count). The minimum absolute atomic E-state index is 0.199. The minimum Gasteiger partial charge on any atom is -0.340 e. The molecule has 7 nitrogen and oxygen atoms in total. The highest BCUT2D eigenvalue weighted by Gasteiger charge is 2.23. The Morgan fingerprint density at radius 1 is 0.789 bits per heavy atom. The van der Waals surface area contributed by atoms with E-state index in [0.29, 0.717) is 23.0 Å². The van der Waals surface area contributed by atoms with Crippen LogP contribution in [0.4, 0.5) is 0 Å². The largest absolute Gasteiger partial charge is 0.340 e. The summed E-state index contributed by atoms with van der Waals surface area (Å²) >= 11 is 0. The van der Waals surface area contributed by atoms with E-state index in [0.717, 1.165) is 22.2 Å². The van der Waals surface area contributed by atoms with Crippen molar-refractivity contribution < 1.29 is 4.79 Å². The number of nitrogens with one attached hydrogen (secondary N) is 2. The average molecular weight is 500 g/mol. The van der Waals surface area contributed by atoms with E-state index in [1.165, 1.54) is 4.68 Å². The van der Waals surface area contributed by atoms with Gasteiger partial charge in [0.25, 0.3) is 11.5 Å². The molecule has 0 aliphatic heterocycles. The SMILES string of the molecule is O=C(N[C@H](Cc1ccccc1)c1nc2ccccc2[nH]1)c1nn(Cc2ccccc2)c(=O)c2ccccc12. The van der Waals surface area contributed by atoms with Gasteiger partial charge in [-0.15, -0.1) is 0 Å². The highest BCUT2D eigenvalue weighted by molar-refractivity contribution is 6.04. The fourth-order valence-corrected chi connectivity index (χ4v) is 4.70. The Balaban J connectivity index is 1.40. The second kappa shape index (κ2) is 10.1. The Labute approximate surface area is 218 Å². The van der Waals surface area contributed by atoms with Crippen LogP contribution in [0.25, 0.3) is 21.8 Å². The average Bonchev–Trinajstić information content (AvgIpc) is 3.40. The highest BCUT2D eigenvalue weighted by Crippen LogP contribution is 2.22. The topological polar surface area (TPSA) is 92.7 Å². The zero-order valence-electron chi connectivity index (χ0n) is 20.5. The van der Waals surface area contributed by atoms with Gasteiger partial charge in [0.2, 0.25) is 0 Å². The first kappa shape index (κ1) is 23.4. The summed E-state index contributed by atoms with van der Waals surface area (Å²) in [4.78, 5) is 35.2. The lowest BCUT2D eigenvalue weighted by molar-refractivity contribution is 0.0929. The molecule has 4 aromatic carbocycles. The Hall–Kier alpha value is -5.04. The first-order valence-electron chi connectivity index (χ1n) is 12.5. The molecule has 2 aromatic heterocycles. The molecule has 0 saturated carbocycles. The Bertz CT molecular complexity index is 1760. The molecule has 0 saturated heterocycles. The van der Waals surface area contributed by atoms with Crippen LogP contribution in [0.15, 0.2) is 114 Å². The van der Waals surface area contributed by atoms with Gasteiger partial charge in [-0.05, 0) is 35.7 Å². The Morgan fingerprint density at radius 3 is 2.16 bits per heavy atom. The number of aromatic amines is 1. The number of imidazole rings is 1. The standard InChI is InChI=1S/C31H25N5O2/c37-30(28-23-15-7-8-16-24(23)31(38)36(35-28)20-22-13-5-2-6-14-22)34-27(19-21-11-3-1-4-12-21)29-32-25-17-9-10-18-26(25)33-29/h1-18,27H,19-20H2,(H,32,33)(H,34,37)/t27-/m1/s1. The van der Waals surface area contributed by atoms with E-state index in [1.807, 2.05) is 91.0 Å². The smallest absolute Gasteiger partial charge is 0.274 e. The number of hydrogen-bond acceptors (Lipinski definition) is 4. The van der Waals surface area contributed by atoms with Gasteiger partial charge in [-0.1, -0.05) is 91.0 Å². The number of benzene rings is 4. The monoisotopic (exact) mass is 499 g/mol. The van der Waals surface area contributed by atoms with Crippen molar-refractivity contribution in [3.63, 3.8) is 0 Å². The minimum atomic E-state index is -0.438. The van der Waals surface area contributed by atoms with E-state index < -0.39 is 6.04 Å². The summed E-state index contributed by atoms with van der Waals surface area (Å²) in [6.45, 7) is 0.266. The summed E-state index contributed by atoms with van der Waals surface area (Å²) < 4.78 is 1.36. The lowest BCUT2D eigenvalue weighted by atomic mass is 10.0. The van der Waals surface area contributed by atoms with Crippen molar-refractivity contribution in [1.82, 2.24) is 25.1 Å². The normalized spacial score (nSPS) is 12.0. The number of carbonyl (C=O) groups is 1. The molecule has 38 heavy (non-hydrogen) atoms. The highest BCUT2D eigenvalue weighted by atomic mass is 16.2. The zero-order valence-corrected chi connectivity index (χ0v) is 20.5. The van der Waals surface area contributed by atoms with Crippen LogP contribution in [0, 0.1) is 0 Å². The Kier molecular flexibility index (Phi) is 6.24. The molecule has 6 aromatic rings. The van der Waals surface area contributed by atoms with E-state index in [-0.39, 0.29) is 23.7 Å². The predicted octanol–water partition coefficient (Wildman–Crippen LogP) is 5.03. The van der Waals surface area contributed by atoms with Crippen LogP contribution < -0.4 is 10.9 Å². The molecule has 186 valence electrons. The second-order valence-electron chi connectivity index (χ2n) is 9.20. The quantitative estimate of drug-likeness (QED) is 0.322. The van der Waals surface area contributed by atoms with Gasteiger partial charge < -0.3 is 10.3 Å². The second-order valence-corrected chi connectivity index (χ2v) is 9.20. The third-order valence-corrected chi connectivity index (χ3v) is 6.58. The number of hydrogen-bond donors (Lipinski definition) is 2.